The number of aromatic amines is 1. The van der Waals surface area contributed by atoms with Gasteiger partial charge in [0.05, 0.1) is 6.42 Å². The largest absolute Gasteiger partial charge is 0.480 e. The van der Waals surface area contributed by atoms with Crippen molar-refractivity contribution < 1.29 is 14.7 Å². The van der Waals surface area contributed by atoms with E-state index in [1.54, 1.807) is 13.8 Å². The van der Waals surface area contributed by atoms with Crippen LogP contribution in [0.25, 0.3) is 0 Å². The van der Waals surface area contributed by atoms with Crippen molar-refractivity contribution in [1.82, 2.24) is 15.3 Å². The quantitative estimate of drug-likeness (QED) is 0.685. The third kappa shape index (κ3) is 5.02. The Morgan fingerprint density at radius 2 is 2.05 bits per heavy atom. The minimum absolute atomic E-state index is 0.00263. The zero-order chi connectivity index (χ0) is 16.0. The number of carboxylic acids is 1. The second-order valence-corrected chi connectivity index (χ2v) is 5.01. The summed E-state index contributed by atoms with van der Waals surface area (Å²) in [4.78, 5) is 40.5. The summed E-state index contributed by atoms with van der Waals surface area (Å²) < 4.78 is 0. The van der Waals surface area contributed by atoms with Crippen LogP contribution in [0.3, 0.4) is 0 Å². The summed E-state index contributed by atoms with van der Waals surface area (Å²) >= 11 is 0. The van der Waals surface area contributed by atoms with Gasteiger partial charge in [-0.2, -0.15) is 4.98 Å². The SMILES string of the molecule is CCCC[C@H](NC(=O)Cc1c(C)nc(=O)[nH]c1C)C(=O)O. The van der Waals surface area contributed by atoms with Gasteiger partial charge < -0.3 is 15.4 Å². The minimum Gasteiger partial charge on any atom is -0.480 e. The second-order valence-electron chi connectivity index (χ2n) is 5.01. The first-order valence-electron chi connectivity index (χ1n) is 6.93. The highest BCUT2D eigenvalue weighted by molar-refractivity contribution is 5.85. The molecule has 1 aromatic rings. The number of hydrogen-bond donors (Lipinski definition) is 3. The van der Waals surface area contributed by atoms with Gasteiger partial charge in [0.1, 0.15) is 6.04 Å². The fourth-order valence-electron chi connectivity index (χ4n) is 2.09. The fraction of sp³-hybridized carbons (Fsp3) is 0.571. The van der Waals surface area contributed by atoms with Crippen LogP contribution in [0.1, 0.15) is 43.1 Å². The standard InChI is InChI=1S/C14H21N3O4/c1-4-5-6-11(13(19)20)17-12(18)7-10-8(2)15-14(21)16-9(10)3/h11H,4-7H2,1-3H3,(H,17,18)(H,19,20)(H,15,16,21)/t11-/m0/s1. The fourth-order valence-corrected chi connectivity index (χ4v) is 2.09. The van der Waals surface area contributed by atoms with Crippen LogP contribution in [0.2, 0.25) is 0 Å². The maximum Gasteiger partial charge on any atom is 0.345 e. The molecule has 0 saturated heterocycles. The van der Waals surface area contributed by atoms with Gasteiger partial charge >= 0.3 is 11.7 Å². The molecule has 3 N–H and O–H groups in total. The predicted octanol–water partition coefficient (Wildman–Crippen LogP) is 0.689. The Bertz CT molecular complexity index is 554. The molecule has 0 aliphatic rings. The van der Waals surface area contributed by atoms with Gasteiger partial charge in [-0.1, -0.05) is 19.8 Å². The highest BCUT2D eigenvalue weighted by atomic mass is 16.4. The summed E-state index contributed by atoms with van der Waals surface area (Å²) in [6.07, 6.45) is 1.99. The first-order chi connectivity index (χ1) is 9.85. The van der Waals surface area contributed by atoms with Gasteiger partial charge in [-0.15, -0.1) is 0 Å². The van der Waals surface area contributed by atoms with E-state index in [1.165, 1.54) is 0 Å². The summed E-state index contributed by atoms with van der Waals surface area (Å²) in [7, 11) is 0. The number of carbonyl (C=O) groups excluding carboxylic acids is 1. The maximum absolute atomic E-state index is 12.0. The summed E-state index contributed by atoms with van der Waals surface area (Å²) in [6.45, 7) is 5.29. The molecular weight excluding hydrogens is 274 g/mol. The lowest BCUT2D eigenvalue weighted by Crippen LogP contribution is -2.41. The van der Waals surface area contributed by atoms with E-state index in [4.69, 9.17) is 5.11 Å². The van der Waals surface area contributed by atoms with Crippen molar-refractivity contribution in [1.29, 1.82) is 0 Å². The number of rotatable bonds is 7. The molecule has 0 radical (unpaired) electrons. The number of aryl methyl sites for hydroxylation is 2. The van der Waals surface area contributed by atoms with Crippen molar-refractivity contribution in [3.05, 3.63) is 27.4 Å². The van der Waals surface area contributed by atoms with Crippen molar-refractivity contribution in [3.63, 3.8) is 0 Å². The zero-order valence-corrected chi connectivity index (χ0v) is 12.5. The molecule has 1 amide bonds. The zero-order valence-electron chi connectivity index (χ0n) is 12.5. The first kappa shape index (κ1) is 16.9. The van der Waals surface area contributed by atoms with Crippen LogP contribution >= 0.6 is 0 Å². The van der Waals surface area contributed by atoms with Gasteiger partial charge in [-0.05, 0) is 20.3 Å². The lowest BCUT2D eigenvalue weighted by atomic mass is 10.1. The molecule has 0 spiro atoms. The molecular formula is C14H21N3O4. The maximum atomic E-state index is 12.0. The highest BCUT2D eigenvalue weighted by Gasteiger charge is 2.20. The Morgan fingerprint density at radius 1 is 1.38 bits per heavy atom. The number of carbonyl (C=O) groups is 2. The highest BCUT2D eigenvalue weighted by Crippen LogP contribution is 2.08. The van der Waals surface area contributed by atoms with Gasteiger partial charge in [0, 0.05) is 17.0 Å². The molecule has 1 heterocycles. The van der Waals surface area contributed by atoms with E-state index >= 15 is 0 Å². The Kier molecular flexibility index (Phi) is 6.08. The molecule has 0 bridgehead atoms. The average Bonchev–Trinajstić information content (AvgIpc) is 2.38. The number of aliphatic carboxylic acids is 1. The number of H-pyrrole nitrogens is 1. The van der Waals surface area contributed by atoms with E-state index in [1.807, 2.05) is 6.92 Å². The van der Waals surface area contributed by atoms with Crippen molar-refractivity contribution >= 4 is 11.9 Å². The van der Waals surface area contributed by atoms with Crippen LogP contribution in [0, 0.1) is 13.8 Å². The van der Waals surface area contributed by atoms with Crippen molar-refractivity contribution in [2.24, 2.45) is 0 Å². The molecule has 0 unspecified atom stereocenters. The van der Waals surface area contributed by atoms with Gasteiger partial charge in [-0.25, -0.2) is 9.59 Å². The number of carboxylic acid groups (broad SMARTS) is 1. The van der Waals surface area contributed by atoms with Crippen molar-refractivity contribution in [3.8, 4) is 0 Å². The van der Waals surface area contributed by atoms with E-state index in [0.717, 1.165) is 12.8 Å². The van der Waals surface area contributed by atoms with E-state index in [-0.39, 0.29) is 6.42 Å². The molecule has 7 heteroatoms. The molecule has 0 aromatic carbocycles. The lowest BCUT2D eigenvalue weighted by Gasteiger charge is -2.15. The molecule has 1 rings (SSSR count). The molecule has 1 atom stereocenters. The monoisotopic (exact) mass is 295 g/mol. The van der Waals surface area contributed by atoms with Gasteiger partial charge in [0.15, 0.2) is 0 Å². The molecule has 0 aliphatic heterocycles. The number of aromatic nitrogens is 2. The number of nitrogens with one attached hydrogen (secondary N) is 2. The number of amides is 1. The van der Waals surface area contributed by atoms with Gasteiger partial charge in [-0.3, -0.25) is 4.79 Å². The van der Waals surface area contributed by atoms with Crippen LogP contribution in [-0.4, -0.2) is 33.0 Å². The van der Waals surface area contributed by atoms with Gasteiger partial charge in [0.25, 0.3) is 0 Å². The molecule has 0 aliphatic carbocycles. The summed E-state index contributed by atoms with van der Waals surface area (Å²) in [5.41, 5.74) is 1.21. The normalized spacial score (nSPS) is 12.0. The average molecular weight is 295 g/mol. The molecule has 1 aromatic heterocycles. The molecule has 116 valence electrons. The lowest BCUT2D eigenvalue weighted by molar-refractivity contribution is -0.142. The Balaban J connectivity index is 2.77. The summed E-state index contributed by atoms with van der Waals surface area (Å²) in [5, 5.41) is 11.6. The number of hydrogen-bond acceptors (Lipinski definition) is 4. The first-order valence-corrected chi connectivity index (χ1v) is 6.93. The number of nitrogens with zero attached hydrogens (tertiary/aromatic N) is 1. The third-order valence-corrected chi connectivity index (χ3v) is 3.27. The van der Waals surface area contributed by atoms with Crippen LogP contribution < -0.4 is 11.0 Å². The molecule has 0 saturated carbocycles. The number of unbranched alkanes of at least 4 members (excludes halogenated alkanes) is 1. The van der Waals surface area contributed by atoms with Crippen LogP contribution in [0.4, 0.5) is 0 Å². The van der Waals surface area contributed by atoms with Crippen LogP contribution in [0.5, 0.6) is 0 Å². The summed E-state index contributed by atoms with van der Waals surface area (Å²) in [5.74, 6) is -1.43. The van der Waals surface area contributed by atoms with Crippen LogP contribution in [0.15, 0.2) is 4.79 Å². The second kappa shape index (κ2) is 7.56. The molecule has 21 heavy (non-hydrogen) atoms. The predicted molar refractivity (Wildman–Crippen MR) is 77.1 cm³/mol. The topological polar surface area (TPSA) is 112 Å². The molecule has 0 fully saturated rings. The van der Waals surface area contributed by atoms with E-state index < -0.39 is 23.6 Å². The van der Waals surface area contributed by atoms with E-state index in [2.05, 4.69) is 15.3 Å². The van der Waals surface area contributed by atoms with E-state index in [0.29, 0.717) is 23.4 Å². The van der Waals surface area contributed by atoms with E-state index in [9.17, 15) is 14.4 Å². The smallest absolute Gasteiger partial charge is 0.345 e. The Hall–Kier alpha value is -2.18. The van der Waals surface area contributed by atoms with Crippen molar-refractivity contribution in [2.45, 2.75) is 52.5 Å². The van der Waals surface area contributed by atoms with Crippen LogP contribution in [-0.2, 0) is 16.0 Å². The minimum atomic E-state index is -1.04. The van der Waals surface area contributed by atoms with Crippen molar-refractivity contribution in [2.75, 3.05) is 0 Å². The Labute approximate surface area is 122 Å². The summed E-state index contributed by atoms with van der Waals surface area (Å²) in [6, 6.07) is -0.881. The van der Waals surface area contributed by atoms with Gasteiger partial charge in [0.2, 0.25) is 5.91 Å². The molecule has 7 nitrogen and oxygen atoms in total. The Morgan fingerprint density at radius 3 is 2.57 bits per heavy atom. The third-order valence-electron chi connectivity index (χ3n) is 3.27.